The molecule has 0 saturated carbocycles. The van der Waals surface area contributed by atoms with E-state index in [1.54, 1.807) is 0 Å². The minimum Gasteiger partial charge on any atom is -0.395 e. The molecule has 1 rings (SSSR count). The fourth-order valence-corrected chi connectivity index (χ4v) is 2.95. The van der Waals surface area contributed by atoms with Crippen molar-refractivity contribution in [1.82, 2.24) is 9.29 Å². The summed E-state index contributed by atoms with van der Waals surface area (Å²) in [5.41, 5.74) is 2.20. The van der Waals surface area contributed by atoms with Gasteiger partial charge in [-0.15, -0.1) is 0 Å². The van der Waals surface area contributed by atoms with Crippen LogP contribution in [0.5, 0.6) is 0 Å². The largest absolute Gasteiger partial charge is 0.395 e. The molecule has 0 spiro atoms. The second kappa shape index (κ2) is 6.61. The summed E-state index contributed by atoms with van der Waals surface area (Å²) in [5.74, 6) is 5.21. The number of nitrogen functional groups attached to an aromatic ring is 1. The van der Waals surface area contributed by atoms with Crippen LogP contribution in [0, 0.1) is 0 Å². The molecule has 0 radical (unpaired) electrons. The fraction of sp³-hybridized carbons (Fsp3) is 0.444. The summed E-state index contributed by atoms with van der Waals surface area (Å²) in [6.07, 6.45) is 1.40. The van der Waals surface area contributed by atoms with Crippen LogP contribution in [0.3, 0.4) is 0 Å². The lowest BCUT2D eigenvalue weighted by Gasteiger charge is -2.21. The van der Waals surface area contributed by atoms with Crippen molar-refractivity contribution in [3.8, 4) is 0 Å². The van der Waals surface area contributed by atoms with Gasteiger partial charge in [-0.25, -0.2) is 19.2 Å². The molecule has 0 unspecified atom stereocenters. The molecule has 0 fully saturated rings. The summed E-state index contributed by atoms with van der Waals surface area (Å²) in [7, 11) is -3.86. The Bertz CT molecular complexity index is 473. The number of hydrogen-bond acceptors (Lipinski definition) is 7. The lowest BCUT2D eigenvalue weighted by atomic mass is 10.5. The number of aliphatic hydroxyl groups is 2. The molecule has 1 heterocycles. The molecule has 1 aromatic rings. The van der Waals surface area contributed by atoms with Gasteiger partial charge in [-0.3, -0.25) is 0 Å². The number of nitrogens with zero attached hydrogens (tertiary/aromatic N) is 2. The first-order valence-corrected chi connectivity index (χ1v) is 6.65. The Morgan fingerprint density at radius 3 is 2.44 bits per heavy atom. The van der Waals surface area contributed by atoms with Gasteiger partial charge in [-0.2, -0.15) is 4.31 Å². The predicted octanol–water partition coefficient (Wildman–Crippen LogP) is -1.66. The fourth-order valence-electron chi connectivity index (χ4n) is 1.42. The highest BCUT2D eigenvalue weighted by molar-refractivity contribution is 7.89. The van der Waals surface area contributed by atoms with Gasteiger partial charge in [0, 0.05) is 19.3 Å². The number of nitrogens with two attached hydrogens (primary N) is 1. The average Bonchev–Trinajstić information content (AvgIpc) is 2.38. The van der Waals surface area contributed by atoms with Gasteiger partial charge in [0.05, 0.1) is 13.2 Å². The number of aromatic nitrogens is 1. The second-order valence-electron chi connectivity index (χ2n) is 3.35. The highest BCUT2D eigenvalue weighted by Gasteiger charge is 2.26. The molecule has 1 aromatic heterocycles. The Morgan fingerprint density at radius 2 is 1.94 bits per heavy atom. The van der Waals surface area contributed by atoms with E-state index in [1.165, 1.54) is 18.3 Å². The predicted molar refractivity (Wildman–Crippen MR) is 65.0 cm³/mol. The molecule has 0 saturated heterocycles. The van der Waals surface area contributed by atoms with E-state index in [4.69, 9.17) is 16.1 Å². The zero-order valence-electron chi connectivity index (χ0n) is 9.65. The second-order valence-corrected chi connectivity index (χ2v) is 5.25. The molecule has 0 aromatic carbocycles. The van der Waals surface area contributed by atoms with Crippen LogP contribution in [0.4, 0.5) is 5.82 Å². The highest BCUT2D eigenvalue weighted by Crippen LogP contribution is 2.21. The Balaban J connectivity index is 3.17. The maximum Gasteiger partial charge on any atom is 0.246 e. The van der Waals surface area contributed by atoms with Crippen LogP contribution in [0.25, 0.3) is 0 Å². The number of hydrogen-bond donors (Lipinski definition) is 4. The molecule has 9 heteroatoms. The monoisotopic (exact) mass is 276 g/mol. The van der Waals surface area contributed by atoms with Crippen LogP contribution in [-0.4, -0.2) is 54.2 Å². The zero-order chi connectivity index (χ0) is 13.6. The highest BCUT2D eigenvalue weighted by atomic mass is 32.2. The van der Waals surface area contributed by atoms with E-state index in [-0.39, 0.29) is 37.0 Å². The van der Waals surface area contributed by atoms with E-state index < -0.39 is 10.0 Å². The third kappa shape index (κ3) is 3.15. The lowest BCUT2D eigenvalue weighted by molar-refractivity contribution is 0.217. The summed E-state index contributed by atoms with van der Waals surface area (Å²) < 4.78 is 25.5. The lowest BCUT2D eigenvalue weighted by Crippen LogP contribution is -2.36. The van der Waals surface area contributed by atoms with Crippen molar-refractivity contribution in [2.24, 2.45) is 5.84 Å². The Hall–Kier alpha value is -1.26. The van der Waals surface area contributed by atoms with Crippen LogP contribution in [0.15, 0.2) is 23.2 Å². The normalized spacial score (nSPS) is 11.8. The van der Waals surface area contributed by atoms with Crippen LogP contribution >= 0.6 is 0 Å². The van der Waals surface area contributed by atoms with Gasteiger partial charge in [0.2, 0.25) is 10.0 Å². The quantitative estimate of drug-likeness (QED) is 0.346. The van der Waals surface area contributed by atoms with Gasteiger partial charge in [0.1, 0.15) is 4.90 Å². The Kier molecular flexibility index (Phi) is 5.44. The van der Waals surface area contributed by atoms with E-state index in [2.05, 4.69) is 10.4 Å². The first-order chi connectivity index (χ1) is 8.57. The van der Waals surface area contributed by atoms with Crippen molar-refractivity contribution in [2.45, 2.75) is 4.90 Å². The summed E-state index contributed by atoms with van der Waals surface area (Å²) in [6.45, 7) is -0.903. The topological polar surface area (TPSA) is 129 Å². The summed E-state index contributed by atoms with van der Waals surface area (Å²) >= 11 is 0. The van der Waals surface area contributed by atoms with Crippen LogP contribution < -0.4 is 11.3 Å². The summed E-state index contributed by atoms with van der Waals surface area (Å²) in [4.78, 5) is 3.70. The number of aliphatic hydroxyl groups excluding tert-OH is 2. The number of hydrazine groups is 1. The first kappa shape index (κ1) is 14.8. The Morgan fingerprint density at radius 1 is 1.33 bits per heavy atom. The standard InChI is InChI=1S/C9H16N4O4S/c10-12-9-8(2-1-3-11-9)18(16,17)13(4-6-14)5-7-15/h1-3,14-15H,4-7,10H2,(H,11,12). The molecule has 0 bridgehead atoms. The summed E-state index contributed by atoms with van der Waals surface area (Å²) in [5, 5.41) is 17.7. The smallest absolute Gasteiger partial charge is 0.246 e. The maximum absolute atomic E-state index is 12.3. The number of pyridine rings is 1. The van der Waals surface area contributed by atoms with E-state index in [9.17, 15) is 8.42 Å². The maximum atomic E-state index is 12.3. The van der Waals surface area contributed by atoms with Crippen molar-refractivity contribution in [3.05, 3.63) is 18.3 Å². The number of anilines is 1. The van der Waals surface area contributed by atoms with Crippen molar-refractivity contribution in [2.75, 3.05) is 31.7 Å². The summed E-state index contributed by atoms with van der Waals surface area (Å²) in [6, 6.07) is 2.81. The third-order valence-corrected chi connectivity index (χ3v) is 4.15. The molecular formula is C9H16N4O4S. The number of rotatable bonds is 7. The van der Waals surface area contributed by atoms with E-state index in [1.807, 2.05) is 0 Å². The van der Waals surface area contributed by atoms with Gasteiger partial charge in [0.25, 0.3) is 0 Å². The molecule has 18 heavy (non-hydrogen) atoms. The van der Waals surface area contributed by atoms with Gasteiger partial charge in [-0.1, -0.05) is 0 Å². The minimum absolute atomic E-state index is 0.0124. The molecule has 8 nitrogen and oxygen atoms in total. The van der Waals surface area contributed by atoms with Crippen LogP contribution in [-0.2, 0) is 10.0 Å². The van der Waals surface area contributed by atoms with Gasteiger partial charge >= 0.3 is 0 Å². The van der Waals surface area contributed by atoms with E-state index in [0.29, 0.717) is 0 Å². The van der Waals surface area contributed by atoms with Crippen molar-refractivity contribution < 1.29 is 18.6 Å². The van der Waals surface area contributed by atoms with Crippen LogP contribution in [0.1, 0.15) is 0 Å². The van der Waals surface area contributed by atoms with E-state index in [0.717, 1.165) is 4.31 Å². The van der Waals surface area contributed by atoms with Crippen molar-refractivity contribution in [3.63, 3.8) is 0 Å². The van der Waals surface area contributed by atoms with Gasteiger partial charge < -0.3 is 15.6 Å². The number of sulfonamides is 1. The van der Waals surface area contributed by atoms with Crippen molar-refractivity contribution in [1.29, 1.82) is 0 Å². The minimum atomic E-state index is -3.86. The van der Waals surface area contributed by atoms with Crippen LogP contribution in [0.2, 0.25) is 0 Å². The number of nitrogens with one attached hydrogen (secondary N) is 1. The average molecular weight is 276 g/mol. The van der Waals surface area contributed by atoms with Gasteiger partial charge in [0.15, 0.2) is 5.82 Å². The van der Waals surface area contributed by atoms with E-state index >= 15 is 0 Å². The van der Waals surface area contributed by atoms with Crippen molar-refractivity contribution >= 4 is 15.8 Å². The molecule has 0 atom stereocenters. The molecular weight excluding hydrogens is 260 g/mol. The molecule has 0 aliphatic rings. The zero-order valence-corrected chi connectivity index (χ0v) is 10.5. The molecule has 102 valence electrons. The Labute approximate surface area is 105 Å². The SMILES string of the molecule is NNc1ncccc1S(=O)(=O)N(CCO)CCO. The molecule has 0 aliphatic heterocycles. The molecule has 0 aliphatic carbocycles. The third-order valence-electron chi connectivity index (χ3n) is 2.22. The molecule has 5 N–H and O–H groups in total. The first-order valence-electron chi connectivity index (χ1n) is 5.21. The molecule has 0 amide bonds. The van der Waals surface area contributed by atoms with Gasteiger partial charge in [-0.05, 0) is 12.1 Å².